The van der Waals surface area contributed by atoms with Gasteiger partial charge in [0.2, 0.25) is 0 Å². The zero-order valence-electron chi connectivity index (χ0n) is 18.9. The molecule has 3 aromatic rings. The van der Waals surface area contributed by atoms with E-state index in [1.165, 1.54) is 0 Å². The highest BCUT2D eigenvalue weighted by Crippen LogP contribution is 2.35. The van der Waals surface area contributed by atoms with Gasteiger partial charge < -0.3 is 25.1 Å². The maximum atomic E-state index is 10.8. The highest BCUT2D eigenvalue weighted by atomic mass is 16.5. The van der Waals surface area contributed by atoms with Crippen LogP contribution in [0.25, 0.3) is 0 Å². The molecule has 3 aromatic carbocycles. The van der Waals surface area contributed by atoms with Gasteiger partial charge in [0, 0.05) is 12.3 Å². The van der Waals surface area contributed by atoms with Crippen molar-refractivity contribution in [3.05, 3.63) is 108 Å². The first kappa shape index (κ1) is 23.6. The van der Waals surface area contributed by atoms with Gasteiger partial charge in [-0.05, 0) is 23.1 Å². The molecular formula is C28H33NO4. The van der Waals surface area contributed by atoms with E-state index in [9.17, 15) is 5.11 Å². The van der Waals surface area contributed by atoms with Crippen molar-refractivity contribution in [1.29, 1.82) is 0 Å². The van der Waals surface area contributed by atoms with Crippen LogP contribution in [0.15, 0.2) is 91.0 Å². The maximum absolute atomic E-state index is 10.8. The normalized spacial score (nSPS) is 25.1. The molecule has 1 aliphatic rings. The van der Waals surface area contributed by atoms with Crippen LogP contribution in [0.2, 0.25) is 0 Å². The second kappa shape index (κ2) is 11.5. The number of benzene rings is 3. The maximum Gasteiger partial charge on any atom is 0.116 e. The molecule has 0 spiro atoms. The minimum Gasteiger partial charge on any atom is -0.376 e. The van der Waals surface area contributed by atoms with E-state index in [0.29, 0.717) is 39.3 Å². The van der Waals surface area contributed by atoms with Gasteiger partial charge in [0.25, 0.3) is 0 Å². The minimum atomic E-state index is -1.32. The number of hydrogen-bond donors (Lipinski definition) is 2. The van der Waals surface area contributed by atoms with E-state index in [-0.39, 0.29) is 18.1 Å². The number of hydrogen-bond acceptors (Lipinski definition) is 5. The Kier molecular flexibility index (Phi) is 8.26. The first-order chi connectivity index (χ1) is 16.1. The van der Waals surface area contributed by atoms with Crippen LogP contribution in [0.5, 0.6) is 0 Å². The summed E-state index contributed by atoms with van der Waals surface area (Å²) in [5.74, 6) is -0.0954. The summed E-state index contributed by atoms with van der Waals surface area (Å²) in [6, 6.07) is 30.1. The second-order valence-electron chi connectivity index (χ2n) is 8.87. The van der Waals surface area contributed by atoms with Crippen LogP contribution < -0.4 is 5.73 Å². The molecule has 0 radical (unpaired) electrons. The van der Waals surface area contributed by atoms with Crippen molar-refractivity contribution in [3.63, 3.8) is 0 Å². The summed E-state index contributed by atoms with van der Waals surface area (Å²) < 4.78 is 18.7. The summed E-state index contributed by atoms with van der Waals surface area (Å²) in [5, 5.41) is 10.8. The van der Waals surface area contributed by atoms with Gasteiger partial charge in [-0.2, -0.15) is 0 Å². The van der Waals surface area contributed by atoms with Crippen molar-refractivity contribution in [2.45, 2.75) is 50.6 Å². The fourth-order valence-corrected chi connectivity index (χ4v) is 4.42. The zero-order valence-corrected chi connectivity index (χ0v) is 18.9. The van der Waals surface area contributed by atoms with Crippen LogP contribution in [0, 0.1) is 5.92 Å². The Bertz CT molecular complexity index is 949. The topological polar surface area (TPSA) is 73.9 Å². The molecule has 0 aromatic heterocycles. The molecule has 174 valence electrons. The lowest BCUT2D eigenvalue weighted by Gasteiger charge is -2.44. The van der Waals surface area contributed by atoms with Crippen LogP contribution >= 0.6 is 0 Å². The molecule has 1 fully saturated rings. The molecule has 5 nitrogen and oxygen atoms in total. The van der Waals surface area contributed by atoms with Gasteiger partial charge in [-0.25, -0.2) is 0 Å². The molecule has 1 aliphatic carbocycles. The van der Waals surface area contributed by atoms with Crippen molar-refractivity contribution >= 4 is 0 Å². The third-order valence-electron chi connectivity index (χ3n) is 6.04. The van der Waals surface area contributed by atoms with Crippen molar-refractivity contribution in [2.75, 3.05) is 6.61 Å². The van der Waals surface area contributed by atoms with E-state index < -0.39 is 5.72 Å². The van der Waals surface area contributed by atoms with E-state index in [2.05, 4.69) is 0 Å². The smallest absolute Gasteiger partial charge is 0.116 e. The lowest BCUT2D eigenvalue weighted by Crippen LogP contribution is -2.57. The summed E-state index contributed by atoms with van der Waals surface area (Å²) in [7, 11) is 0. The van der Waals surface area contributed by atoms with Gasteiger partial charge >= 0.3 is 0 Å². The number of ether oxygens (including phenoxy) is 3. The Morgan fingerprint density at radius 3 is 1.73 bits per heavy atom. The Hall–Kier alpha value is -2.54. The fraction of sp³-hybridized carbons (Fsp3) is 0.357. The first-order valence-electron chi connectivity index (χ1n) is 11.5. The Labute approximate surface area is 196 Å². The van der Waals surface area contributed by atoms with Crippen LogP contribution in [0.3, 0.4) is 0 Å². The lowest BCUT2D eigenvalue weighted by atomic mass is 9.79. The van der Waals surface area contributed by atoms with Gasteiger partial charge in [0.15, 0.2) is 0 Å². The Morgan fingerprint density at radius 2 is 1.18 bits per heavy atom. The zero-order chi connectivity index (χ0) is 22.9. The van der Waals surface area contributed by atoms with Crippen molar-refractivity contribution in [3.8, 4) is 0 Å². The summed E-state index contributed by atoms with van der Waals surface area (Å²) in [6.45, 7) is 1.83. The van der Waals surface area contributed by atoms with Crippen molar-refractivity contribution in [1.82, 2.24) is 0 Å². The van der Waals surface area contributed by atoms with Crippen molar-refractivity contribution in [2.24, 2.45) is 11.7 Å². The lowest BCUT2D eigenvalue weighted by molar-refractivity contribution is -0.185. The molecular weight excluding hydrogens is 414 g/mol. The van der Waals surface area contributed by atoms with Gasteiger partial charge in [-0.3, -0.25) is 0 Å². The second-order valence-corrected chi connectivity index (χ2v) is 8.87. The predicted molar refractivity (Wildman–Crippen MR) is 128 cm³/mol. The molecule has 3 N–H and O–H groups in total. The molecule has 0 amide bonds. The van der Waals surface area contributed by atoms with E-state index >= 15 is 0 Å². The number of rotatable bonds is 10. The molecule has 0 bridgehead atoms. The number of aliphatic hydroxyl groups is 1. The van der Waals surface area contributed by atoms with E-state index in [4.69, 9.17) is 19.9 Å². The molecule has 4 unspecified atom stereocenters. The van der Waals surface area contributed by atoms with Gasteiger partial charge in [-0.1, -0.05) is 91.0 Å². The molecule has 1 saturated carbocycles. The first-order valence-corrected chi connectivity index (χ1v) is 11.5. The van der Waals surface area contributed by atoms with Gasteiger partial charge in [0.1, 0.15) is 5.72 Å². The van der Waals surface area contributed by atoms with Crippen LogP contribution in [-0.4, -0.2) is 29.6 Å². The summed E-state index contributed by atoms with van der Waals surface area (Å²) in [5.41, 5.74) is 8.19. The van der Waals surface area contributed by atoms with E-state index in [1.54, 1.807) is 0 Å². The Morgan fingerprint density at radius 1 is 0.697 bits per heavy atom. The highest BCUT2D eigenvalue weighted by Gasteiger charge is 2.44. The minimum absolute atomic E-state index is 0.0954. The predicted octanol–water partition coefficient (Wildman–Crippen LogP) is 4.43. The average molecular weight is 448 g/mol. The molecule has 0 heterocycles. The third kappa shape index (κ3) is 7.22. The quantitative estimate of drug-likeness (QED) is 0.450. The molecule has 0 aliphatic heterocycles. The van der Waals surface area contributed by atoms with Gasteiger partial charge in [-0.15, -0.1) is 0 Å². The van der Waals surface area contributed by atoms with Gasteiger partial charge in [0.05, 0.1) is 38.6 Å². The number of nitrogens with two attached hydrogens (primary N) is 1. The monoisotopic (exact) mass is 447 g/mol. The fourth-order valence-electron chi connectivity index (χ4n) is 4.42. The summed E-state index contributed by atoms with van der Waals surface area (Å²) >= 11 is 0. The SMILES string of the molecule is NC1(O)CC(COCc2ccccc2)C(OCc2ccccc2)C(OCc2ccccc2)C1. The van der Waals surface area contributed by atoms with Crippen LogP contribution in [-0.2, 0) is 34.0 Å². The standard InChI is InChI=1S/C28H33NO4/c29-28(30)16-25(21-31-18-22-10-4-1-5-11-22)27(33-20-24-14-8-3-9-15-24)26(17-28)32-19-23-12-6-2-7-13-23/h1-15,25-27,30H,16-21,29H2. The highest BCUT2D eigenvalue weighted by molar-refractivity contribution is 5.15. The van der Waals surface area contributed by atoms with Crippen molar-refractivity contribution < 1.29 is 19.3 Å². The van der Waals surface area contributed by atoms with E-state index in [1.807, 2.05) is 91.0 Å². The molecule has 0 saturated heterocycles. The molecule has 5 heteroatoms. The van der Waals surface area contributed by atoms with Crippen LogP contribution in [0.1, 0.15) is 29.5 Å². The molecule has 4 rings (SSSR count). The summed E-state index contributed by atoms with van der Waals surface area (Å²) in [6.07, 6.45) is 0.123. The Balaban J connectivity index is 1.46. The third-order valence-corrected chi connectivity index (χ3v) is 6.04. The summed E-state index contributed by atoms with van der Waals surface area (Å²) in [4.78, 5) is 0. The van der Waals surface area contributed by atoms with E-state index in [0.717, 1.165) is 16.7 Å². The molecule has 33 heavy (non-hydrogen) atoms. The average Bonchev–Trinajstić information content (AvgIpc) is 2.83. The van der Waals surface area contributed by atoms with Crippen LogP contribution in [0.4, 0.5) is 0 Å². The molecule has 4 atom stereocenters. The largest absolute Gasteiger partial charge is 0.376 e.